The van der Waals surface area contributed by atoms with Crippen molar-refractivity contribution >= 4 is 23.3 Å². The molecule has 2 aromatic carbocycles. The second-order valence-corrected chi connectivity index (χ2v) is 7.98. The van der Waals surface area contributed by atoms with Crippen LogP contribution in [0.4, 0.5) is 0 Å². The zero-order valence-corrected chi connectivity index (χ0v) is 18.3. The Labute approximate surface area is 191 Å². The van der Waals surface area contributed by atoms with Crippen molar-refractivity contribution in [3.8, 4) is 6.07 Å². The normalized spacial score (nSPS) is 19.2. The largest absolute Gasteiger partial charge is 0.478 e. The summed E-state index contributed by atoms with van der Waals surface area (Å²) in [6.07, 6.45) is -0.141. The smallest absolute Gasteiger partial charge is 0.338 e. The van der Waals surface area contributed by atoms with Gasteiger partial charge in [-0.1, -0.05) is 54.6 Å². The van der Waals surface area contributed by atoms with E-state index in [9.17, 15) is 19.5 Å². The summed E-state index contributed by atoms with van der Waals surface area (Å²) in [7, 11) is 1.69. The van der Waals surface area contributed by atoms with Gasteiger partial charge in [0.25, 0.3) is 0 Å². The van der Waals surface area contributed by atoms with Crippen molar-refractivity contribution in [3.05, 3.63) is 88.1 Å². The number of nitriles is 1. The number of rotatable bonds is 6. The number of carbonyl (C=O) groups excluding carboxylic acids is 2. The minimum atomic E-state index is -1.23. The van der Waals surface area contributed by atoms with E-state index in [0.717, 1.165) is 0 Å². The molecule has 0 saturated heterocycles. The first kappa shape index (κ1) is 22.0. The minimum absolute atomic E-state index is 0.0216. The maximum absolute atomic E-state index is 13.8. The van der Waals surface area contributed by atoms with Gasteiger partial charge >= 0.3 is 11.9 Å². The van der Waals surface area contributed by atoms with E-state index >= 15 is 0 Å². The lowest BCUT2D eigenvalue weighted by Gasteiger charge is -2.46. The highest BCUT2D eigenvalue weighted by Gasteiger charge is 2.56. The summed E-state index contributed by atoms with van der Waals surface area (Å²) in [6, 6.07) is 17.8. The van der Waals surface area contributed by atoms with Gasteiger partial charge in [0.1, 0.15) is 12.1 Å². The number of nitrogens with zero attached hydrogens (tertiary/aromatic N) is 2. The van der Waals surface area contributed by atoms with Crippen LogP contribution in [0.5, 0.6) is 0 Å². The van der Waals surface area contributed by atoms with E-state index in [1.54, 1.807) is 67.4 Å². The molecule has 0 fully saturated rings. The number of aliphatic carboxylic acids is 1. The summed E-state index contributed by atoms with van der Waals surface area (Å²) < 4.78 is 5.28. The first-order chi connectivity index (χ1) is 15.8. The molecule has 0 bridgehead atoms. The highest BCUT2D eigenvalue weighted by molar-refractivity contribution is 6.24. The standard InChI is InChI=1S/C26H22N2O5/c1-16-21(25(31)32)22(17-9-4-3-5-10-17)23-24(30)18-11-6-7-12-19(18)26(23,28(16)2)15-20(29)33-14-8-13-27/h3-7,9-12H,8,14-15H2,1-2H3,(H,31,32). The Hall–Kier alpha value is -4.18. The SMILES string of the molecule is CC1=C(C(=O)O)C(c2ccccc2)=C2C(=O)c3ccccc3C2(CC(=O)OCCC#N)N1C. The number of allylic oxidation sites excluding steroid dienone is 1. The Kier molecular flexibility index (Phi) is 5.60. The number of fused-ring (bicyclic) bond motifs is 3. The molecular weight excluding hydrogens is 420 g/mol. The predicted octanol–water partition coefficient (Wildman–Crippen LogP) is 3.68. The number of hydrogen-bond donors (Lipinski definition) is 1. The summed E-state index contributed by atoms with van der Waals surface area (Å²) >= 11 is 0. The molecule has 7 nitrogen and oxygen atoms in total. The van der Waals surface area contributed by atoms with Gasteiger partial charge in [-0.3, -0.25) is 9.59 Å². The number of carboxylic acid groups (broad SMARTS) is 1. The number of esters is 1. The van der Waals surface area contributed by atoms with Crippen molar-refractivity contribution in [2.75, 3.05) is 13.7 Å². The lowest BCUT2D eigenvalue weighted by Crippen LogP contribution is -2.48. The maximum Gasteiger partial charge on any atom is 0.338 e. The van der Waals surface area contributed by atoms with Crippen LogP contribution in [0.2, 0.25) is 0 Å². The fourth-order valence-corrected chi connectivity index (χ4v) is 4.86. The zero-order valence-electron chi connectivity index (χ0n) is 18.3. The van der Waals surface area contributed by atoms with Gasteiger partial charge in [0.2, 0.25) is 0 Å². The van der Waals surface area contributed by atoms with E-state index in [-0.39, 0.29) is 36.4 Å². The predicted molar refractivity (Wildman–Crippen MR) is 120 cm³/mol. The van der Waals surface area contributed by atoms with Gasteiger partial charge in [0.15, 0.2) is 5.78 Å². The van der Waals surface area contributed by atoms with E-state index < -0.39 is 17.5 Å². The van der Waals surface area contributed by atoms with Crippen LogP contribution in [0.3, 0.4) is 0 Å². The van der Waals surface area contributed by atoms with Gasteiger partial charge in [0, 0.05) is 29.5 Å². The second kappa shape index (κ2) is 8.40. The molecule has 0 saturated carbocycles. The summed E-state index contributed by atoms with van der Waals surface area (Å²) in [4.78, 5) is 40.8. The zero-order chi connectivity index (χ0) is 23.8. The van der Waals surface area contributed by atoms with Crippen LogP contribution in [-0.2, 0) is 19.9 Å². The van der Waals surface area contributed by atoms with Crippen molar-refractivity contribution in [2.45, 2.75) is 25.3 Å². The number of ether oxygens (including phenoxy) is 1. The third-order valence-electron chi connectivity index (χ3n) is 6.35. The molecular formula is C26H22N2O5. The van der Waals surface area contributed by atoms with Crippen LogP contribution in [0.1, 0.15) is 41.3 Å². The van der Waals surface area contributed by atoms with Gasteiger partial charge in [-0.05, 0) is 18.1 Å². The molecule has 1 heterocycles. The molecule has 0 aromatic heterocycles. The number of carboxylic acids is 1. The number of hydrogen-bond acceptors (Lipinski definition) is 6. The lowest BCUT2D eigenvalue weighted by molar-refractivity contribution is -0.146. The van der Waals surface area contributed by atoms with Gasteiger partial charge in [0.05, 0.1) is 24.5 Å². The first-order valence-electron chi connectivity index (χ1n) is 10.5. The maximum atomic E-state index is 13.8. The van der Waals surface area contributed by atoms with Crippen LogP contribution in [-0.4, -0.2) is 41.4 Å². The van der Waals surface area contributed by atoms with Crippen molar-refractivity contribution in [3.63, 3.8) is 0 Å². The summed E-state index contributed by atoms with van der Waals surface area (Å²) in [5, 5.41) is 18.9. The molecule has 166 valence electrons. The number of Topliss-reactive ketones (excluding diaryl/α,β-unsaturated/α-hetero) is 1. The average Bonchev–Trinajstić information content (AvgIpc) is 3.06. The Morgan fingerprint density at radius 1 is 1.12 bits per heavy atom. The molecule has 2 aliphatic rings. The molecule has 2 aromatic rings. The van der Waals surface area contributed by atoms with E-state index in [0.29, 0.717) is 28.0 Å². The van der Waals surface area contributed by atoms with E-state index in [1.807, 2.05) is 12.1 Å². The fourth-order valence-electron chi connectivity index (χ4n) is 4.86. The van der Waals surface area contributed by atoms with Crippen LogP contribution in [0.15, 0.2) is 71.4 Å². The van der Waals surface area contributed by atoms with E-state index in [4.69, 9.17) is 10.00 Å². The monoisotopic (exact) mass is 442 g/mol. The third-order valence-corrected chi connectivity index (χ3v) is 6.35. The van der Waals surface area contributed by atoms with E-state index in [1.165, 1.54) is 0 Å². The number of benzene rings is 2. The Bertz CT molecular complexity index is 1270. The molecule has 4 rings (SSSR count). The highest BCUT2D eigenvalue weighted by Crippen LogP contribution is 2.55. The molecule has 33 heavy (non-hydrogen) atoms. The molecule has 0 radical (unpaired) electrons. The lowest BCUT2D eigenvalue weighted by atomic mass is 9.74. The minimum Gasteiger partial charge on any atom is -0.478 e. The van der Waals surface area contributed by atoms with Crippen LogP contribution in [0.25, 0.3) is 5.57 Å². The van der Waals surface area contributed by atoms with Crippen molar-refractivity contribution in [1.82, 2.24) is 4.90 Å². The van der Waals surface area contributed by atoms with Crippen LogP contribution >= 0.6 is 0 Å². The van der Waals surface area contributed by atoms with Crippen LogP contribution < -0.4 is 0 Å². The van der Waals surface area contributed by atoms with Gasteiger partial charge in [-0.25, -0.2) is 4.79 Å². The number of likely N-dealkylation sites (N-methyl/N-ethyl adjacent to an activating group) is 1. The second-order valence-electron chi connectivity index (χ2n) is 7.98. The van der Waals surface area contributed by atoms with Gasteiger partial charge < -0.3 is 14.7 Å². The molecule has 1 unspecified atom stereocenters. The van der Waals surface area contributed by atoms with Gasteiger partial charge in [-0.2, -0.15) is 5.26 Å². The molecule has 1 aliphatic heterocycles. The van der Waals surface area contributed by atoms with Crippen molar-refractivity contribution < 1.29 is 24.2 Å². The highest BCUT2D eigenvalue weighted by atomic mass is 16.5. The third kappa shape index (κ3) is 3.31. The van der Waals surface area contributed by atoms with E-state index in [2.05, 4.69) is 0 Å². The molecule has 1 N–H and O–H groups in total. The quantitative estimate of drug-likeness (QED) is 0.537. The Balaban J connectivity index is 2.03. The number of ketones is 1. The average molecular weight is 442 g/mol. The molecule has 1 aliphatic carbocycles. The number of carbonyl (C=O) groups is 3. The van der Waals surface area contributed by atoms with Crippen LogP contribution in [0, 0.1) is 11.3 Å². The van der Waals surface area contributed by atoms with Gasteiger partial charge in [-0.15, -0.1) is 0 Å². The summed E-state index contributed by atoms with van der Waals surface area (Å²) in [5.41, 5.74) is 1.42. The summed E-state index contributed by atoms with van der Waals surface area (Å²) in [5.74, 6) is -2.04. The Morgan fingerprint density at radius 2 is 1.79 bits per heavy atom. The molecule has 1 atom stereocenters. The molecule has 7 heteroatoms. The summed E-state index contributed by atoms with van der Waals surface area (Å²) in [6.45, 7) is 1.63. The first-order valence-corrected chi connectivity index (χ1v) is 10.5. The topological polar surface area (TPSA) is 108 Å². The fraction of sp³-hybridized carbons (Fsp3) is 0.231. The van der Waals surface area contributed by atoms with Crippen molar-refractivity contribution in [1.29, 1.82) is 5.26 Å². The van der Waals surface area contributed by atoms with Crippen molar-refractivity contribution in [2.24, 2.45) is 0 Å². The molecule has 0 amide bonds. The molecule has 0 spiro atoms. The Morgan fingerprint density at radius 3 is 2.45 bits per heavy atom.